The summed E-state index contributed by atoms with van der Waals surface area (Å²) in [6.45, 7) is 0. The molecule has 0 aromatic heterocycles. The largest absolute Gasteiger partial charge is 0.495 e. The molecular weight excluding hydrogens is 338 g/mol. The van der Waals surface area contributed by atoms with E-state index in [0.29, 0.717) is 0 Å². The summed E-state index contributed by atoms with van der Waals surface area (Å²) < 4.78 is 30.9. The van der Waals surface area contributed by atoms with Crippen molar-refractivity contribution >= 4 is 27.4 Å². The van der Waals surface area contributed by atoms with Crippen molar-refractivity contribution in [1.29, 1.82) is 0 Å². The Balaban J connectivity index is 2.21. The molecule has 0 spiro atoms. The molecule has 0 aliphatic heterocycles. The summed E-state index contributed by atoms with van der Waals surface area (Å²) in [6.07, 6.45) is 0. The maximum absolute atomic E-state index is 12.1. The molecule has 0 atom stereocenters. The Morgan fingerprint density at radius 3 is 2.42 bits per heavy atom. The van der Waals surface area contributed by atoms with E-state index in [4.69, 9.17) is 4.74 Å². The summed E-state index contributed by atoms with van der Waals surface area (Å²) in [4.78, 5) is 22.0. The molecule has 2 aromatic carbocycles. The number of benzene rings is 2. The second-order valence-corrected chi connectivity index (χ2v) is 6.20. The number of sulfonamides is 1. The van der Waals surface area contributed by atoms with E-state index in [1.807, 2.05) is 4.72 Å². The highest BCUT2D eigenvalue weighted by atomic mass is 32.2. The molecule has 0 bridgehead atoms. The van der Waals surface area contributed by atoms with Gasteiger partial charge in [-0.15, -0.1) is 0 Å². The fraction of sp³-hybridized carbons (Fsp3) is 0.0714. The third kappa shape index (κ3) is 3.98. The molecular formula is C14H13N3O6S. The lowest BCUT2D eigenvalue weighted by Crippen LogP contribution is -2.34. The number of nitro benzene ring substituents is 1. The van der Waals surface area contributed by atoms with Crippen LogP contribution in [0.25, 0.3) is 0 Å². The maximum Gasteiger partial charge on any atom is 0.333 e. The lowest BCUT2D eigenvalue weighted by Gasteiger charge is -2.11. The first-order chi connectivity index (χ1) is 11.3. The molecule has 10 heteroatoms. The molecule has 0 aliphatic rings. The van der Waals surface area contributed by atoms with Crippen LogP contribution in [0, 0.1) is 10.1 Å². The lowest BCUT2D eigenvalue weighted by molar-refractivity contribution is -0.384. The molecule has 0 fully saturated rings. The Hall–Kier alpha value is -3.14. The smallest absolute Gasteiger partial charge is 0.333 e. The lowest BCUT2D eigenvalue weighted by atomic mass is 10.2. The molecule has 0 saturated carbocycles. The molecule has 0 saturated heterocycles. The Kier molecular flexibility index (Phi) is 4.99. The Labute approximate surface area is 137 Å². The van der Waals surface area contributed by atoms with Crippen molar-refractivity contribution in [2.45, 2.75) is 4.90 Å². The van der Waals surface area contributed by atoms with Gasteiger partial charge < -0.3 is 10.1 Å². The van der Waals surface area contributed by atoms with E-state index in [1.54, 1.807) is 6.07 Å². The standard InChI is InChI=1S/C14H13N3O6S/c1-23-13-8-7-10(17(19)20)9-12(13)15-14(18)16-24(21,22)11-5-3-2-4-6-11/h2-9H,1H3,(H2,15,16,18). The number of carbonyl (C=O) groups excluding carboxylic acids is 1. The first kappa shape index (κ1) is 17.2. The number of non-ortho nitro benzene ring substituents is 1. The maximum atomic E-state index is 12.1. The van der Waals surface area contributed by atoms with Crippen LogP contribution < -0.4 is 14.8 Å². The normalized spacial score (nSPS) is 10.7. The van der Waals surface area contributed by atoms with Crippen LogP contribution in [0.3, 0.4) is 0 Å². The number of nitrogens with one attached hydrogen (secondary N) is 2. The quantitative estimate of drug-likeness (QED) is 0.627. The number of carbonyl (C=O) groups is 1. The van der Waals surface area contributed by atoms with Gasteiger partial charge in [-0.1, -0.05) is 18.2 Å². The number of hydrogen-bond donors (Lipinski definition) is 2. The topological polar surface area (TPSA) is 128 Å². The predicted molar refractivity (Wildman–Crippen MR) is 85.4 cm³/mol. The summed E-state index contributed by atoms with van der Waals surface area (Å²) in [5.74, 6) is 0.146. The minimum absolute atomic E-state index is 0.0348. The number of nitrogens with zero attached hydrogens (tertiary/aromatic N) is 1. The monoisotopic (exact) mass is 351 g/mol. The van der Waals surface area contributed by atoms with Crippen LogP contribution in [-0.2, 0) is 10.0 Å². The van der Waals surface area contributed by atoms with Crippen LogP contribution in [0.4, 0.5) is 16.2 Å². The highest BCUT2D eigenvalue weighted by Gasteiger charge is 2.19. The van der Waals surface area contributed by atoms with Crippen molar-refractivity contribution in [3.8, 4) is 5.75 Å². The van der Waals surface area contributed by atoms with E-state index >= 15 is 0 Å². The third-order valence-electron chi connectivity index (χ3n) is 2.92. The Morgan fingerprint density at radius 2 is 1.83 bits per heavy atom. The van der Waals surface area contributed by atoms with E-state index in [9.17, 15) is 23.3 Å². The van der Waals surface area contributed by atoms with Gasteiger partial charge in [-0.25, -0.2) is 17.9 Å². The number of rotatable bonds is 5. The summed E-state index contributed by atoms with van der Waals surface area (Å²) in [7, 11) is -2.75. The van der Waals surface area contributed by atoms with Crippen LogP contribution in [-0.4, -0.2) is 26.5 Å². The van der Waals surface area contributed by atoms with Gasteiger partial charge in [-0.3, -0.25) is 10.1 Å². The van der Waals surface area contributed by atoms with Crippen molar-refractivity contribution in [2.75, 3.05) is 12.4 Å². The van der Waals surface area contributed by atoms with Gasteiger partial charge in [0.2, 0.25) is 0 Å². The van der Waals surface area contributed by atoms with Gasteiger partial charge in [-0.2, -0.15) is 0 Å². The zero-order valence-corrected chi connectivity index (χ0v) is 13.2. The summed E-state index contributed by atoms with van der Waals surface area (Å²) >= 11 is 0. The van der Waals surface area contributed by atoms with E-state index in [-0.39, 0.29) is 22.0 Å². The number of ether oxygens (including phenoxy) is 1. The van der Waals surface area contributed by atoms with Crippen molar-refractivity contribution in [2.24, 2.45) is 0 Å². The van der Waals surface area contributed by atoms with Crippen LogP contribution in [0.5, 0.6) is 5.75 Å². The van der Waals surface area contributed by atoms with Crippen LogP contribution in [0.1, 0.15) is 0 Å². The Bertz CT molecular complexity index is 867. The number of amides is 2. The SMILES string of the molecule is COc1ccc([N+](=O)[O-])cc1NC(=O)NS(=O)(=O)c1ccccc1. The minimum Gasteiger partial charge on any atom is -0.495 e. The molecule has 2 amide bonds. The zero-order valence-electron chi connectivity index (χ0n) is 12.4. The number of nitro groups is 1. The molecule has 2 N–H and O–H groups in total. The molecule has 2 aromatic rings. The van der Waals surface area contributed by atoms with Gasteiger partial charge in [0.05, 0.1) is 22.6 Å². The number of urea groups is 1. The molecule has 0 radical (unpaired) electrons. The first-order valence-electron chi connectivity index (χ1n) is 6.55. The van der Waals surface area contributed by atoms with E-state index in [0.717, 1.165) is 6.07 Å². The van der Waals surface area contributed by atoms with Crippen LogP contribution in [0.2, 0.25) is 0 Å². The second-order valence-electron chi connectivity index (χ2n) is 4.51. The van der Waals surface area contributed by atoms with Crippen LogP contribution >= 0.6 is 0 Å². The highest BCUT2D eigenvalue weighted by Crippen LogP contribution is 2.28. The summed E-state index contributed by atoms with van der Waals surface area (Å²) in [5.41, 5.74) is -0.315. The van der Waals surface area contributed by atoms with Gasteiger partial charge in [0, 0.05) is 12.1 Å². The minimum atomic E-state index is -4.06. The van der Waals surface area contributed by atoms with Crippen molar-refractivity contribution < 1.29 is 22.9 Å². The highest BCUT2D eigenvalue weighted by molar-refractivity contribution is 7.90. The molecule has 24 heavy (non-hydrogen) atoms. The number of methoxy groups -OCH3 is 1. The average Bonchev–Trinajstić information content (AvgIpc) is 2.55. The fourth-order valence-electron chi connectivity index (χ4n) is 1.84. The molecule has 0 heterocycles. The third-order valence-corrected chi connectivity index (χ3v) is 4.27. The number of hydrogen-bond acceptors (Lipinski definition) is 6. The van der Waals surface area contributed by atoms with Gasteiger partial charge in [-0.05, 0) is 18.2 Å². The predicted octanol–water partition coefficient (Wildman–Crippen LogP) is 2.11. The molecule has 0 aliphatic carbocycles. The molecule has 126 valence electrons. The van der Waals surface area contributed by atoms with Crippen molar-refractivity contribution in [3.05, 3.63) is 58.6 Å². The van der Waals surface area contributed by atoms with Crippen molar-refractivity contribution in [3.63, 3.8) is 0 Å². The van der Waals surface area contributed by atoms with Gasteiger partial charge in [0.1, 0.15) is 5.75 Å². The summed E-state index contributed by atoms with van der Waals surface area (Å²) in [5, 5.41) is 13.0. The van der Waals surface area contributed by atoms with Gasteiger partial charge in [0.15, 0.2) is 0 Å². The molecule has 0 unspecified atom stereocenters. The van der Waals surface area contributed by atoms with E-state index in [2.05, 4.69) is 5.32 Å². The first-order valence-corrected chi connectivity index (χ1v) is 8.03. The van der Waals surface area contributed by atoms with Gasteiger partial charge in [0.25, 0.3) is 15.7 Å². The second kappa shape index (κ2) is 6.96. The number of anilines is 1. The molecule has 9 nitrogen and oxygen atoms in total. The molecule has 2 rings (SSSR count). The van der Waals surface area contributed by atoms with Crippen LogP contribution in [0.15, 0.2) is 53.4 Å². The van der Waals surface area contributed by atoms with E-state index < -0.39 is 21.0 Å². The zero-order chi connectivity index (χ0) is 17.7. The fourth-order valence-corrected chi connectivity index (χ4v) is 2.76. The average molecular weight is 351 g/mol. The van der Waals surface area contributed by atoms with Gasteiger partial charge >= 0.3 is 6.03 Å². The van der Waals surface area contributed by atoms with Crippen molar-refractivity contribution in [1.82, 2.24) is 4.72 Å². The van der Waals surface area contributed by atoms with E-state index in [1.165, 1.54) is 43.5 Å². The Morgan fingerprint density at radius 1 is 1.17 bits per heavy atom. The summed E-state index contributed by atoms with van der Waals surface area (Å²) in [6, 6.07) is 9.78.